The Bertz CT molecular complexity index is 1440. The lowest BCUT2D eigenvalue weighted by molar-refractivity contribution is -0.305. The third-order valence-electron chi connectivity index (χ3n) is 16.3. The van der Waals surface area contributed by atoms with Crippen LogP contribution in [0.15, 0.2) is 36.5 Å². The van der Waals surface area contributed by atoms with Crippen LogP contribution >= 0.6 is 0 Å². The van der Waals surface area contributed by atoms with Gasteiger partial charge in [0.1, 0.15) is 24.4 Å². The monoisotopic (exact) mass is 1130 g/mol. The van der Waals surface area contributed by atoms with E-state index in [0.717, 1.165) is 83.5 Å². The van der Waals surface area contributed by atoms with Crippen LogP contribution in [0, 0.1) is 0 Å². The highest BCUT2D eigenvalue weighted by Crippen LogP contribution is 2.26. The number of hydrogen-bond acceptors (Lipinski definition) is 10. The van der Waals surface area contributed by atoms with E-state index in [0.29, 0.717) is 19.3 Å². The number of aliphatic hydroxyl groups excluding tert-OH is 5. The summed E-state index contributed by atoms with van der Waals surface area (Å²) >= 11 is 0. The molecule has 0 bridgehead atoms. The third-order valence-corrected chi connectivity index (χ3v) is 16.3. The van der Waals surface area contributed by atoms with E-state index >= 15 is 0 Å². The molecule has 0 radical (unpaired) electrons. The van der Waals surface area contributed by atoms with Crippen LogP contribution in [-0.2, 0) is 23.8 Å². The van der Waals surface area contributed by atoms with Crippen molar-refractivity contribution in [1.29, 1.82) is 0 Å². The summed E-state index contributed by atoms with van der Waals surface area (Å²) in [6.07, 6.45) is 59.1. The van der Waals surface area contributed by atoms with Gasteiger partial charge in [-0.25, -0.2) is 0 Å². The van der Waals surface area contributed by atoms with E-state index in [9.17, 15) is 35.1 Å². The molecule has 1 fully saturated rings. The van der Waals surface area contributed by atoms with E-state index in [1.54, 1.807) is 6.08 Å². The number of carbonyl (C=O) groups is 2. The molecule has 1 aliphatic rings. The molecule has 1 rings (SSSR count). The Morgan fingerprint density at radius 3 is 1.34 bits per heavy atom. The van der Waals surface area contributed by atoms with Crippen molar-refractivity contribution in [2.45, 2.75) is 378 Å². The lowest BCUT2D eigenvalue weighted by atomic mass is 9.99. The van der Waals surface area contributed by atoms with E-state index in [1.165, 1.54) is 199 Å². The van der Waals surface area contributed by atoms with Gasteiger partial charge < -0.3 is 45.1 Å². The van der Waals surface area contributed by atoms with Crippen molar-refractivity contribution in [2.24, 2.45) is 0 Å². The number of carbonyl (C=O) groups excluding carboxylic acids is 2. The van der Waals surface area contributed by atoms with E-state index in [1.807, 2.05) is 6.08 Å². The molecule has 0 aromatic heterocycles. The molecule has 470 valence electrons. The van der Waals surface area contributed by atoms with Crippen molar-refractivity contribution in [3.05, 3.63) is 36.5 Å². The molecule has 1 heterocycles. The first-order chi connectivity index (χ1) is 39.2. The number of ether oxygens (including phenoxy) is 3. The van der Waals surface area contributed by atoms with Gasteiger partial charge in [0.05, 0.1) is 25.4 Å². The minimum Gasteiger partial charge on any atom is -0.454 e. The maximum Gasteiger partial charge on any atom is 0.306 e. The fourth-order valence-electron chi connectivity index (χ4n) is 10.9. The quantitative estimate of drug-likeness (QED) is 0.0195. The number of nitrogens with one attached hydrogen (secondary N) is 1. The molecule has 0 spiro atoms. The summed E-state index contributed by atoms with van der Waals surface area (Å²) in [5.74, 6) is -1.19. The van der Waals surface area contributed by atoms with Crippen molar-refractivity contribution in [2.75, 3.05) is 13.2 Å². The van der Waals surface area contributed by atoms with Gasteiger partial charge in [-0.3, -0.25) is 9.59 Å². The molecule has 6 N–H and O–H groups in total. The number of hydrogen-bond donors (Lipinski definition) is 6. The Labute approximate surface area is 492 Å². The lowest BCUT2D eigenvalue weighted by Gasteiger charge is -2.41. The molecule has 11 nitrogen and oxygen atoms in total. The molecule has 8 atom stereocenters. The Kier molecular flexibility index (Phi) is 54.4. The number of amides is 1. The van der Waals surface area contributed by atoms with Gasteiger partial charge in [-0.2, -0.15) is 0 Å². The Morgan fingerprint density at radius 1 is 0.500 bits per heavy atom. The van der Waals surface area contributed by atoms with Crippen molar-refractivity contribution in [1.82, 2.24) is 5.32 Å². The predicted molar refractivity (Wildman–Crippen MR) is 334 cm³/mol. The van der Waals surface area contributed by atoms with Gasteiger partial charge in [0.15, 0.2) is 12.4 Å². The molecule has 8 unspecified atom stereocenters. The number of aliphatic hydroxyl groups is 5. The first-order valence-corrected chi connectivity index (χ1v) is 34.3. The van der Waals surface area contributed by atoms with E-state index in [2.05, 4.69) is 50.4 Å². The van der Waals surface area contributed by atoms with E-state index in [4.69, 9.17) is 14.2 Å². The highest BCUT2D eigenvalue weighted by atomic mass is 16.7. The van der Waals surface area contributed by atoms with Crippen LogP contribution in [0.4, 0.5) is 0 Å². The van der Waals surface area contributed by atoms with Crippen LogP contribution in [0.3, 0.4) is 0 Å². The summed E-state index contributed by atoms with van der Waals surface area (Å²) in [5, 5.41) is 57.1. The van der Waals surface area contributed by atoms with E-state index < -0.39 is 67.4 Å². The zero-order chi connectivity index (χ0) is 58.2. The van der Waals surface area contributed by atoms with Crippen molar-refractivity contribution in [3.8, 4) is 0 Å². The molecule has 0 aliphatic carbocycles. The van der Waals surface area contributed by atoms with Crippen LogP contribution < -0.4 is 5.32 Å². The van der Waals surface area contributed by atoms with Gasteiger partial charge in [-0.05, 0) is 51.4 Å². The maximum atomic E-state index is 13.5. The molecule has 0 aromatic carbocycles. The summed E-state index contributed by atoms with van der Waals surface area (Å²) in [7, 11) is 0. The Hall–Kier alpha value is -2.12. The fraction of sp³-hybridized carbons (Fsp3) is 0.884. The molecule has 1 amide bonds. The molecule has 1 saturated heterocycles. The van der Waals surface area contributed by atoms with Gasteiger partial charge in [-0.15, -0.1) is 0 Å². The van der Waals surface area contributed by atoms with Crippen LogP contribution in [0.1, 0.15) is 329 Å². The van der Waals surface area contributed by atoms with Crippen molar-refractivity contribution >= 4 is 11.9 Å². The standard InChI is InChI=1S/C69H129NO10/c1-4-7-10-13-16-19-22-25-27-28-29-30-31-32-33-34-35-36-38-41-44-47-50-53-56-62(73)68(77)70-60(61(72)55-52-49-46-43-40-37-24-21-18-15-12-9-6-3)59-78-69-67(66(76)65(75)63(58-71)79-69)80-64(74)57-54-51-48-45-42-39-26-23-20-17-14-11-8-5-2/h8,11,17,20,52,55,60-63,65-67,69,71-73,75-76H,4-7,9-10,12-16,18-19,21-51,53-54,56-59H2,1-3H3,(H,70,77)/b11-8+,20-17+,55-52+. The van der Waals surface area contributed by atoms with Gasteiger partial charge in [0.25, 0.3) is 0 Å². The van der Waals surface area contributed by atoms with Gasteiger partial charge >= 0.3 is 5.97 Å². The first kappa shape index (κ1) is 75.9. The molecule has 80 heavy (non-hydrogen) atoms. The zero-order valence-electron chi connectivity index (χ0n) is 52.2. The smallest absolute Gasteiger partial charge is 0.306 e. The Morgan fingerprint density at radius 2 is 0.900 bits per heavy atom. The van der Waals surface area contributed by atoms with Crippen LogP contribution in [0.5, 0.6) is 0 Å². The topological polar surface area (TPSA) is 175 Å². The minimum absolute atomic E-state index is 0.117. The predicted octanol–water partition coefficient (Wildman–Crippen LogP) is 17.0. The first-order valence-electron chi connectivity index (χ1n) is 34.3. The highest BCUT2D eigenvalue weighted by molar-refractivity contribution is 5.80. The maximum absolute atomic E-state index is 13.5. The number of allylic oxidation sites excluding steroid dienone is 5. The summed E-state index contributed by atoms with van der Waals surface area (Å²) in [4.78, 5) is 26.6. The van der Waals surface area contributed by atoms with Crippen LogP contribution in [0.25, 0.3) is 0 Å². The summed E-state index contributed by atoms with van der Waals surface area (Å²) in [6, 6.07) is -1.02. The SMILES string of the molecule is CC/C=C/C/C=C/CCCCCCCCCC(=O)OC1C(OCC(NC(=O)C(O)CCCCCCCCCCCCCCCCCCCCCCCCCC)C(O)/C=C/CCCCCCCCCCCCC)OC(CO)C(O)C1O. The number of esters is 1. The van der Waals surface area contributed by atoms with Crippen LogP contribution in [0.2, 0.25) is 0 Å². The minimum atomic E-state index is -1.61. The lowest BCUT2D eigenvalue weighted by Crippen LogP contribution is -2.61. The molecule has 0 saturated carbocycles. The third kappa shape index (κ3) is 44.4. The second kappa shape index (κ2) is 57.3. The molecule has 11 heteroatoms. The second-order valence-corrected chi connectivity index (χ2v) is 23.9. The largest absolute Gasteiger partial charge is 0.454 e. The van der Waals surface area contributed by atoms with Crippen molar-refractivity contribution < 1.29 is 49.3 Å². The zero-order valence-corrected chi connectivity index (χ0v) is 52.2. The second-order valence-electron chi connectivity index (χ2n) is 23.9. The number of unbranched alkanes of at least 4 members (excludes halogenated alkanes) is 41. The molecular formula is C69H129NO10. The Balaban J connectivity index is 2.58. The average molecular weight is 1130 g/mol. The molecular weight excluding hydrogens is 1000 g/mol. The van der Waals surface area contributed by atoms with Crippen LogP contribution in [-0.4, -0.2) is 99.6 Å². The summed E-state index contributed by atoms with van der Waals surface area (Å²) < 4.78 is 17.6. The summed E-state index contributed by atoms with van der Waals surface area (Å²) in [5.41, 5.74) is 0. The normalized spacial score (nSPS) is 18.9. The molecule has 0 aromatic rings. The van der Waals surface area contributed by atoms with Gasteiger partial charge in [-0.1, -0.05) is 308 Å². The molecule has 1 aliphatic heterocycles. The van der Waals surface area contributed by atoms with E-state index in [-0.39, 0.29) is 13.0 Å². The average Bonchev–Trinajstić information content (AvgIpc) is 3.53. The summed E-state index contributed by atoms with van der Waals surface area (Å²) in [6.45, 7) is 5.72. The highest BCUT2D eigenvalue weighted by Gasteiger charge is 2.47. The van der Waals surface area contributed by atoms with Gasteiger partial charge in [0, 0.05) is 6.42 Å². The fourth-order valence-corrected chi connectivity index (χ4v) is 10.9. The van der Waals surface area contributed by atoms with Gasteiger partial charge in [0.2, 0.25) is 5.91 Å². The van der Waals surface area contributed by atoms with Crippen molar-refractivity contribution in [3.63, 3.8) is 0 Å². The number of rotatable bonds is 59.